The zero-order valence-corrected chi connectivity index (χ0v) is 11.9. The van der Waals surface area contributed by atoms with Crippen LogP contribution in [0.5, 0.6) is 0 Å². The number of nitrogens with one attached hydrogen (secondary N) is 1. The van der Waals surface area contributed by atoms with E-state index in [1.54, 1.807) is 0 Å². The molecule has 0 radical (unpaired) electrons. The Morgan fingerprint density at radius 3 is 2.38 bits per heavy atom. The molecule has 7 heteroatoms. The molecule has 1 aromatic carbocycles. The van der Waals surface area contributed by atoms with Gasteiger partial charge in [-0.15, -0.1) is 0 Å². The normalized spacial score (nSPS) is 16.0. The number of amides is 1. The number of nitro groups is 1. The van der Waals surface area contributed by atoms with E-state index in [9.17, 15) is 14.9 Å². The molecule has 1 fully saturated rings. The molecule has 1 aliphatic rings. The summed E-state index contributed by atoms with van der Waals surface area (Å²) in [4.78, 5) is 24.7. The molecule has 0 aliphatic carbocycles. The fourth-order valence-corrected chi connectivity index (χ4v) is 2.58. The summed E-state index contributed by atoms with van der Waals surface area (Å²) in [5.41, 5.74) is 2.72. The van der Waals surface area contributed by atoms with Gasteiger partial charge in [0, 0.05) is 24.7 Å². The van der Waals surface area contributed by atoms with Crippen LogP contribution in [0.4, 0.5) is 11.4 Å². The number of hydrazine groups is 1. The van der Waals surface area contributed by atoms with Gasteiger partial charge in [0.15, 0.2) is 0 Å². The third kappa shape index (κ3) is 3.69. The molecule has 3 N–H and O–H groups in total. The van der Waals surface area contributed by atoms with Crippen LogP contribution >= 0.6 is 0 Å². The molecule has 0 aromatic heterocycles. The first-order valence-corrected chi connectivity index (χ1v) is 7.18. The Hall–Kier alpha value is -2.15. The largest absolute Gasteiger partial charge is 0.339 e. The second kappa shape index (κ2) is 7.03. The van der Waals surface area contributed by atoms with E-state index in [4.69, 9.17) is 5.84 Å². The molecule has 1 aromatic rings. The number of hydrogen-bond acceptors (Lipinski definition) is 5. The third-order valence-corrected chi connectivity index (χ3v) is 3.74. The van der Waals surface area contributed by atoms with Crippen LogP contribution < -0.4 is 11.3 Å². The molecule has 1 aliphatic heterocycles. The van der Waals surface area contributed by atoms with E-state index >= 15 is 0 Å². The van der Waals surface area contributed by atoms with E-state index in [0.717, 1.165) is 38.8 Å². The van der Waals surface area contributed by atoms with Gasteiger partial charge in [0.05, 0.1) is 4.92 Å². The predicted molar refractivity (Wildman–Crippen MR) is 79.9 cm³/mol. The van der Waals surface area contributed by atoms with Gasteiger partial charge >= 0.3 is 0 Å². The summed E-state index contributed by atoms with van der Waals surface area (Å²) in [5.74, 6) is 5.21. The number of carbonyl (C=O) groups is 1. The highest BCUT2D eigenvalue weighted by atomic mass is 16.6. The summed E-state index contributed by atoms with van der Waals surface area (Å²) >= 11 is 0. The average Bonchev–Trinajstić information content (AvgIpc) is 2.45. The first-order valence-electron chi connectivity index (χ1n) is 7.18. The molecule has 0 bridgehead atoms. The van der Waals surface area contributed by atoms with E-state index < -0.39 is 4.92 Å². The lowest BCUT2D eigenvalue weighted by Crippen LogP contribution is -2.33. The topological polar surface area (TPSA) is 102 Å². The molecule has 7 nitrogen and oxygen atoms in total. The molecule has 1 amide bonds. The molecular formula is C14H20N4O3. The highest BCUT2D eigenvalue weighted by Crippen LogP contribution is 2.25. The maximum Gasteiger partial charge on any atom is 0.293 e. The van der Waals surface area contributed by atoms with Gasteiger partial charge in [-0.25, -0.2) is 0 Å². The van der Waals surface area contributed by atoms with Gasteiger partial charge in [0.2, 0.25) is 0 Å². The van der Waals surface area contributed by atoms with E-state index in [1.165, 1.54) is 24.6 Å². The molecule has 0 unspecified atom stereocenters. The van der Waals surface area contributed by atoms with Gasteiger partial charge in [0.1, 0.15) is 5.69 Å². The fourth-order valence-electron chi connectivity index (χ4n) is 2.58. The van der Waals surface area contributed by atoms with Crippen molar-refractivity contribution in [2.75, 3.05) is 18.5 Å². The van der Waals surface area contributed by atoms with Crippen LogP contribution in [-0.2, 0) is 0 Å². The van der Waals surface area contributed by atoms with Crippen molar-refractivity contribution < 1.29 is 9.72 Å². The van der Waals surface area contributed by atoms with Crippen molar-refractivity contribution in [1.82, 2.24) is 4.90 Å². The van der Waals surface area contributed by atoms with Gasteiger partial charge in [-0.1, -0.05) is 19.3 Å². The van der Waals surface area contributed by atoms with E-state index in [0.29, 0.717) is 5.56 Å². The zero-order valence-electron chi connectivity index (χ0n) is 11.9. The Balaban J connectivity index is 2.19. The summed E-state index contributed by atoms with van der Waals surface area (Å²) in [6.07, 6.45) is 5.50. The monoisotopic (exact) mass is 292 g/mol. The number of carbonyl (C=O) groups excluding carboxylic acids is 1. The molecule has 0 saturated carbocycles. The van der Waals surface area contributed by atoms with Crippen molar-refractivity contribution in [1.29, 1.82) is 0 Å². The molecule has 0 spiro atoms. The summed E-state index contributed by atoms with van der Waals surface area (Å²) in [6, 6.07) is 4.24. The van der Waals surface area contributed by atoms with Gasteiger partial charge in [-0.3, -0.25) is 20.8 Å². The van der Waals surface area contributed by atoms with Gasteiger partial charge in [-0.05, 0) is 25.0 Å². The van der Waals surface area contributed by atoms with Crippen LogP contribution in [0.15, 0.2) is 18.2 Å². The maximum absolute atomic E-state index is 12.5. The second-order valence-electron chi connectivity index (χ2n) is 5.19. The molecular weight excluding hydrogens is 272 g/mol. The summed E-state index contributed by atoms with van der Waals surface area (Å²) in [7, 11) is 0. The average molecular weight is 292 g/mol. The van der Waals surface area contributed by atoms with E-state index in [-0.39, 0.29) is 17.3 Å². The SMILES string of the molecule is NNc1cc(C(=O)N2CCCCCCC2)ccc1[N+](=O)[O-]. The first kappa shape index (κ1) is 15.2. The number of nitrogen functional groups attached to an aromatic ring is 1. The van der Waals surface area contributed by atoms with Crippen molar-refractivity contribution in [2.24, 2.45) is 5.84 Å². The van der Waals surface area contributed by atoms with Gasteiger partial charge < -0.3 is 10.3 Å². The zero-order chi connectivity index (χ0) is 15.2. The number of likely N-dealkylation sites (tertiary alicyclic amines) is 1. The van der Waals surface area contributed by atoms with Gasteiger partial charge in [0.25, 0.3) is 11.6 Å². The van der Waals surface area contributed by atoms with Crippen molar-refractivity contribution in [3.63, 3.8) is 0 Å². The Labute approximate surface area is 123 Å². The van der Waals surface area contributed by atoms with Crippen molar-refractivity contribution in [3.05, 3.63) is 33.9 Å². The first-order chi connectivity index (χ1) is 10.1. The van der Waals surface area contributed by atoms with E-state index in [2.05, 4.69) is 5.43 Å². The Morgan fingerprint density at radius 1 is 1.19 bits per heavy atom. The third-order valence-electron chi connectivity index (χ3n) is 3.74. The molecule has 1 heterocycles. The fraction of sp³-hybridized carbons (Fsp3) is 0.500. The molecule has 114 valence electrons. The smallest absolute Gasteiger partial charge is 0.293 e. The van der Waals surface area contributed by atoms with Crippen LogP contribution in [-0.4, -0.2) is 28.8 Å². The minimum atomic E-state index is -0.528. The lowest BCUT2D eigenvalue weighted by molar-refractivity contribution is -0.384. The lowest BCUT2D eigenvalue weighted by atomic mass is 10.1. The van der Waals surface area contributed by atoms with E-state index in [1.807, 2.05) is 4.90 Å². The van der Waals surface area contributed by atoms with Crippen LogP contribution in [0.1, 0.15) is 42.5 Å². The number of anilines is 1. The number of nitrogens with zero attached hydrogens (tertiary/aromatic N) is 2. The highest BCUT2D eigenvalue weighted by Gasteiger charge is 2.20. The molecule has 2 rings (SSSR count). The quantitative estimate of drug-likeness (QED) is 0.505. The molecule has 1 saturated heterocycles. The van der Waals surface area contributed by atoms with Crippen molar-refractivity contribution in [3.8, 4) is 0 Å². The summed E-state index contributed by atoms with van der Waals surface area (Å²) in [6.45, 7) is 1.47. The predicted octanol–water partition coefficient (Wildman–Crippen LogP) is 2.29. The summed E-state index contributed by atoms with van der Waals surface area (Å²) in [5, 5.41) is 10.9. The van der Waals surface area contributed by atoms with Crippen molar-refractivity contribution in [2.45, 2.75) is 32.1 Å². The lowest BCUT2D eigenvalue weighted by Gasteiger charge is -2.25. The molecule has 21 heavy (non-hydrogen) atoms. The molecule has 0 atom stereocenters. The van der Waals surface area contributed by atoms with Crippen LogP contribution in [0.2, 0.25) is 0 Å². The number of nitrogens with two attached hydrogens (primary N) is 1. The van der Waals surface area contributed by atoms with Crippen LogP contribution in [0.25, 0.3) is 0 Å². The number of hydrogen-bond donors (Lipinski definition) is 2. The number of nitro benzene ring substituents is 1. The minimum absolute atomic E-state index is 0.0942. The number of rotatable bonds is 3. The summed E-state index contributed by atoms with van der Waals surface area (Å²) < 4.78 is 0. The minimum Gasteiger partial charge on any atom is -0.339 e. The van der Waals surface area contributed by atoms with Crippen LogP contribution in [0, 0.1) is 10.1 Å². The standard InChI is InChI=1S/C14H20N4O3/c15-16-12-10-11(6-7-13(12)18(20)21)14(19)17-8-4-2-1-3-5-9-17/h6-7,10,16H,1-5,8-9,15H2. The Kier molecular flexibility index (Phi) is 5.10. The maximum atomic E-state index is 12.5. The Bertz CT molecular complexity index is 525. The van der Waals surface area contributed by atoms with Gasteiger partial charge in [-0.2, -0.15) is 0 Å². The second-order valence-corrected chi connectivity index (χ2v) is 5.19. The van der Waals surface area contributed by atoms with Crippen molar-refractivity contribution >= 4 is 17.3 Å². The Morgan fingerprint density at radius 2 is 1.81 bits per heavy atom. The highest BCUT2D eigenvalue weighted by molar-refractivity contribution is 5.96. The van der Waals surface area contributed by atoms with Crippen LogP contribution in [0.3, 0.4) is 0 Å². The number of benzene rings is 1.